The van der Waals surface area contributed by atoms with Crippen LogP contribution in [-0.2, 0) is 9.59 Å². The van der Waals surface area contributed by atoms with Gasteiger partial charge in [0.1, 0.15) is 6.04 Å². The molecule has 3 rings (SSSR count). The quantitative estimate of drug-likeness (QED) is 0.451. The van der Waals surface area contributed by atoms with Crippen molar-refractivity contribution in [2.75, 3.05) is 25.7 Å². The van der Waals surface area contributed by atoms with Crippen molar-refractivity contribution < 1.29 is 23.9 Å². The summed E-state index contributed by atoms with van der Waals surface area (Å²) in [6.07, 6.45) is 0. The molecule has 3 amide bonds. The molecular weight excluding hydrogens is 478 g/mol. The molecule has 0 fully saturated rings. The summed E-state index contributed by atoms with van der Waals surface area (Å²) in [5, 5.41) is 7.45. The molecule has 3 aromatic rings. The Labute approximate surface area is 215 Å². The van der Waals surface area contributed by atoms with Crippen molar-refractivity contribution in [1.82, 2.24) is 10.6 Å². The fourth-order valence-electron chi connectivity index (χ4n) is 3.64. The van der Waals surface area contributed by atoms with Gasteiger partial charge in [0.05, 0.1) is 25.6 Å². The van der Waals surface area contributed by atoms with Crippen molar-refractivity contribution >= 4 is 34.7 Å². The lowest BCUT2D eigenvalue weighted by Crippen LogP contribution is -2.51. The summed E-state index contributed by atoms with van der Waals surface area (Å²) in [5.41, 5.74) is 0.484. The Morgan fingerprint density at radius 3 is 2.22 bits per heavy atom. The maximum Gasteiger partial charge on any atom is 0.261 e. The van der Waals surface area contributed by atoms with Gasteiger partial charge in [0.25, 0.3) is 5.91 Å². The highest BCUT2D eigenvalue weighted by Crippen LogP contribution is 2.34. The molecule has 1 aromatic heterocycles. The van der Waals surface area contributed by atoms with Crippen LogP contribution in [0, 0.1) is 0 Å². The summed E-state index contributed by atoms with van der Waals surface area (Å²) in [4.78, 5) is 41.8. The third-order valence-electron chi connectivity index (χ3n) is 5.18. The van der Waals surface area contributed by atoms with Crippen LogP contribution in [0.15, 0.2) is 66.0 Å². The standard InChI is InChI=1S/C27H31N3O5S/c1-27(2,3)29-26(33)24(18-13-14-20(34-4)21(16-18)35-5)30(19-10-7-6-8-11-19)23(31)17-28-25(32)22-12-9-15-36-22/h6-16,24H,17H2,1-5H3,(H,28,32)(H,29,33)/t24-/m1/s1. The van der Waals surface area contributed by atoms with E-state index >= 15 is 0 Å². The Morgan fingerprint density at radius 2 is 1.64 bits per heavy atom. The molecule has 2 N–H and O–H groups in total. The van der Waals surface area contributed by atoms with Gasteiger partial charge in [0.15, 0.2) is 11.5 Å². The molecule has 0 aliphatic heterocycles. The van der Waals surface area contributed by atoms with Gasteiger partial charge in [-0.1, -0.05) is 30.3 Å². The number of carbonyl (C=O) groups excluding carboxylic acids is 3. The smallest absolute Gasteiger partial charge is 0.261 e. The predicted octanol–water partition coefficient (Wildman–Crippen LogP) is 4.18. The van der Waals surface area contributed by atoms with E-state index in [1.165, 1.54) is 30.5 Å². The lowest BCUT2D eigenvalue weighted by atomic mass is 10.00. The summed E-state index contributed by atoms with van der Waals surface area (Å²) in [6.45, 7) is 5.31. The Hall–Kier alpha value is -3.85. The van der Waals surface area contributed by atoms with E-state index in [-0.39, 0.29) is 18.4 Å². The first kappa shape index (κ1) is 26.7. The molecule has 0 radical (unpaired) electrons. The van der Waals surface area contributed by atoms with Gasteiger partial charge in [0.2, 0.25) is 11.8 Å². The number of hydrogen-bond acceptors (Lipinski definition) is 6. The van der Waals surface area contributed by atoms with Crippen LogP contribution in [0.5, 0.6) is 11.5 Å². The maximum atomic E-state index is 13.7. The van der Waals surface area contributed by atoms with Crippen LogP contribution in [-0.4, -0.2) is 44.0 Å². The molecule has 0 bridgehead atoms. The van der Waals surface area contributed by atoms with E-state index in [0.29, 0.717) is 27.6 Å². The largest absolute Gasteiger partial charge is 0.493 e. The zero-order chi connectivity index (χ0) is 26.3. The summed E-state index contributed by atoms with van der Waals surface area (Å²) in [5.74, 6) is -0.258. The Kier molecular flexibility index (Phi) is 8.71. The van der Waals surface area contributed by atoms with E-state index in [1.54, 1.807) is 60.0 Å². The number of thiophene rings is 1. The fourth-order valence-corrected chi connectivity index (χ4v) is 4.28. The number of hydrogen-bond donors (Lipinski definition) is 2. The topological polar surface area (TPSA) is 97.0 Å². The minimum absolute atomic E-state index is 0.293. The second-order valence-corrected chi connectivity index (χ2v) is 9.96. The maximum absolute atomic E-state index is 13.7. The minimum Gasteiger partial charge on any atom is -0.493 e. The van der Waals surface area contributed by atoms with E-state index in [0.717, 1.165) is 0 Å². The highest BCUT2D eigenvalue weighted by Gasteiger charge is 2.35. The first-order valence-electron chi connectivity index (χ1n) is 11.4. The van der Waals surface area contributed by atoms with Gasteiger partial charge in [-0.3, -0.25) is 19.3 Å². The van der Waals surface area contributed by atoms with E-state index in [2.05, 4.69) is 10.6 Å². The first-order valence-corrected chi connectivity index (χ1v) is 12.3. The Morgan fingerprint density at radius 1 is 0.944 bits per heavy atom. The number of nitrogens with zero attached hydrogens (tertiary/aromatic N) is 1. The number of amides is 3. The van der Waals surface area contributed by atoms with E-state index in [1.807, 2.05) is 26.8 Å². The molecule has 190 valence electrons. The molecule has 0 aliphatic rings. The molecule has 0 unspecified atom stereocenters. The summed E-state index contributed by atoms with van der Waals surface area (Å²) in [7, 11) is 3.03. The highest BCUT2D eigenvalue weighted by molar-refractivity contribution is 7.12. The summed E-state index contributed by atoms with van der Waals surface area (Å²) >= 11 is 1.28. The molecule has 36 heavy (non-hydrogen) atoms. The third-order valence-corrected chi connectivity index (χ3v) is 6.04. The van der Waals surface area contributed by atoms with E-state index in [9.17, 15) is 14.4 Å². The van der Waals surface area contributed by atoms with Crippen LogP contribution < -0.4 is 25.0 Å². The average Bonchev–Trinajstić information content (AvgIpc) is 3.40. The minimum atomic E-state index is -1.04. The van der Waals surface area contributed by atoms with Crippen molar-refractivity contribution in [3.05, 3.63) is 76.5 Å². The van der Waals surface area contributed by atoms with Crippen molar-refractivity contribution in [3.63, 3.8) is 0 Å². The molecule has 0 aliphatic carbocycles. The van der Waals surface area contributed by atoms with Gasteiger partial charge in [0, 0.05) is 11.2 Å². The molecule has 2 aromatic carbocycles. The predicted molar refractivity (Wildman–Crippen MR) is 141 cm³/mol. The number of carbonyl (C=O) groups is 3. The lowest BCUT2D eigenvalue weighted by Gasteiger charge is -2.34. The highest BCUT2D eigenvalue weighted by atomic mass is 32.1. The van der Waals surface area contributed by atoms with Gasteiger partial charge in [-0.05, 0) is 62.0 Å². The zero-order valence-corrected chi connectivity index (χ0v) is 21.8. The second kappa shape index (κ2) is 11.7. The molecule has 0 saturated carbocycles. The van der Waals surface area contributed by atoms with Gasteiger partial charge in [-0.15, -0.1) is 11.3 Å². The van der Waals surface area contributed by atoms with Gasteiger partial charge < -0.3 is 20.1 Å². The number of benzene rings is 2. The number of rotatable bonds is 9. The number of anilines is 1. The average molecular weight is 510 g/mol. The number of nitrogens with one attached hydrogen (secondary N) is 2. The normalized spacial score (nSPS) is 11.8. The van der Waals surface area contributed by atoms with Crippen LogP contribution in [0.3, 0.4) is 0 Å². The molecule has 8 nitrogen and oxygen atoms in total. The zero-order valence-electron chi connectivity index (χ0n) is 21.0. The van der Waals surface area contributed by atoms with Gasteiger partial charge in [-0.2, -0.15) is 0 Å². The molecule has 1 heterocycles. The molecular formula is C27H31N3O5S. The van der Waals surface area contributed by atoms with Crippen LogP contribution >= 0.6 is 11.3 Å². The van der Waals surface area contributed by atoms with E-state index in [4.69, 9.17) is 9.47 Å². The van der Waals surface area contributed by atoms with Crippen LogP contribution in [0.1, 0.15) is 42.0 Å². The Balaban J connectivity index is 2.05. The number of para-hydroxylation sites is 1. The fraction of sp³-hybridized carbons (Fsp3) is 0.296. The number of ether oxygens (including phenoxy) is 2. The van der Waals surface area contributed by atoms with Crippen LogP contribution in [0.2, 0.25) is 0 Å². The van der Waals surface area contributed by atoms with Gasteiger partial charge >= 0.3 is 0 Å². The van der Waals surface area contributed by atoms with Crippen molar-refractivity contribution in [2.24, 2.45) is 0 Å². The second-order valence-electron chi connectivity index (χ2n) is 9.02. The van der Waals surface area contributed by atoms with Gasteiger partial charge in [-0.25, -0.2) is 0 Å². The summed E-state index contributed by atoms with van der Waals surface area (Å²) in [6, 6.07) is 16.4. The molecule has 0 spiro atoms. The monoisotopic (exact) mass is 509 g/mol. The Bertz CT molecular complexity index is 1190. The molecule has 1 atom stereocenters. The molecule has 0 saturated heterocycles. The van der Waals surface area contributed by atoms with Crippen molar-refractivity contribution in [1.29, 1.82) is 0 Å². The van der Waals surface area contributed by atoms with Crippen molar-refractivity contribution in [3.8, 4) is 11.5 Å². The molecule has 9 heteroatoms. The first-order chi connectivity index (χ1) is 17.1. The number of methoxy groups -OCH3 is 2. The third kappa shape index (κ3) is 6.63. The SMILES string of the molecule is COc1ccc([C@H](C(=O)NC(C)(C)C)N(C(=O)CNC(=O)c2cccs2)c2ccccc2)cc1OC. The van der Waals surface area contributed by atoms with E-state index < -0.39 is 17.5 Å². The van der Waals surface area contributed by atoms with Crippen molar-refractivity contribution in [2.45, 2.75) is 32.4 Å². The lowest BCUT2D eigenvalue weighted by molar-refractivity contribution is -0.127. The van der Waals surface area contributed by atoms with Crippen LogP contribution in [0.25, 0.3) is 0 Å². The van der Waals surface area contributed by atoms with Crippen LogP contribution in [0.4, 0.5) is 5.69 Å². The summed E-state index contributed by atoms with van der Waals surface area (Å²) < 4.78 is 10.8.